The van der Waals surface area contributed by atoms with Crippen LogP contribution in [-0.2, 0) is 0 Å². The van der Waals surface area contributed by atoms with Crippen molar-refractivity contribution in [2.75, 3.05) is 0 Å². The minimum Gasteiger partial charge on any atom is -0.0616 e. The minimum absolute atomic E-state index is 1.09. The smallest absolute Gasteiger partial charge is 0.0457 e. The lowest BCUT2D eigenvalue weighted by atomic mass is 10.1. The summed E-state index contributed by atoms with van der Waals surface area (Å²) in [5.41, 5.74) is 2.54. The van der Waals surface area contributed by atoms with E-state index in [1.807, 2.05) is 0 Å². The van der Waals surface area contributed by atoms with Gasteiger partial charge in [-0.15, -0.1) is 0 Å². The van der Waals surface area contributed by atoms with Gasteiger partial charge in [-0.25, -0.2) is 0 Å². The van der Waals surface area contributed by atoms with Crippen LogP contribution in [0.3, 0.4) is 0 Å². The largest absolute Gasteiger partial charge is 0.0616 e. The summed E-state index contributed by atoms with van der Waals surface area (Å²) >= 11 is 11.9. The van der Waals surface area contributed by atoms with Crippen LogP contribution in [0.15, 0.2) is 45.3 Å². The van der Waals surface area contributed by atoms with E-state index in [1.54, 1.807) is 0 Å². The highest BCUT2D eigenvalue weighted by Crippen LogP contribution is 2.37. The summed E-state index contributed by atoms with van der Waals surface area (Å²) in [6.07, 6.45) is 0. The summed E-state index contributed by atoms with van der Waals surface area (Å²) in [4.78, 5) is 0. The second kappa shape index (κ2) is 5.67. The van der Waals surface area contributed by atoms with E-state index in [1.165, 1.54) is 18.3 Å². The van der Waals surface area contributed by atoms with E-state index >= 15 is 0 Å². The first kappa shape index (κ1) is 13.3. The van der Waals surface area contributed by atoms with Crippen LogP contribution in [0.2, 0.25) is 0 Å². The molecule has 0 heterocycles. The molecule has 0 saturated carbocycles. The van der Waals surface area contributed by atoms with Crippen LogP contribution in [-0.4, -0.2) is 0 Å². The molecule has 16 heavy (non-hydrogen) atoms. The molecule has 0 aliphatic heterocycles. The van der Waals surface area contributed by atoms with Crippen molar-refractivity contribution in [1.29, 1.82) is 0 Å². The van der Waals surface area contributed by atoms with Crippen LogP contribution in [0.25, 0.3) is 11.1 Å². The molecule has 0 atom stereocenters. The number of rotatable bonds is 1. The fourth-order valence-corrected chi connectivity index (χ4v) is 3.90. The maximum absolute atomic E-state index is 3.59. The van der Waals surface area contributed by atoms with Gasteiger partial charge in [-0.05, 0) is 100 Å². The van der Waals surface area contributed by atoms with Gasteiger partial charge >= 0.3 is 0 Å². The van der Waals surface area contributed by atoms with Gasteiger partial charge in [-0.3, -0.25) is 0 Å². The predicted octanol–water partition coefficient (Wildman–Crippen LogP) is 6.09. The van der Waals surface area contributed by atoms with E-state index in [-0.39, 0.29) is 0 Å². The summed E-state index contributed by atoms with van der Waals surface area (Å²) in [7, 11) is 0. The van der Waals surface area contributed by atoms with Gasteiger partial charge in [0.1, 0.15) is 0 Å². The quantitative estimate of drug-likeness (QED) is 0.291. The first-order valence-electron chi connectivity index (χ1n) is 4.49. The van der Waals surface area contributed by atoms with Gasteiger partial charge < -0.3 is 0 Å². The molecule has 0 nitrogen and oxygen atoms in total. The molecule has 0 aliphatic carbocycles. The number of hydrogen-bond acceptors (Lipinski definition) is 0. The molecule has 2 aromatic carbocycles. The molecule has 0 N–H and O–H groups in total. The molecule has 2 aromatic rings. The Morgan fingerprint density at radius 2 is 1.50 bits per heavy atom. The van der Waals surface area contributed by atoms with Crippen molar-refractivity contribution in [1.82, 2.24) is 0 Å². The van der Waals surface area contributed by atoms with Crippen LogP contribution in [0.4, 0.5) is 0 Å². The lowest BCUT2D eigenvalue weighted by molar-refractivity contribution is 1.49. The second-order valence-corrected chi connectivity index (χ2v) is 7.09. The lowest BCUT2D eigenvalue weighted by Crippen LogP contribution is -1.88. The van der Waals surface area contributed by atoms with Gasteiger partial charge in [0, 0.05) is 16.1 Å². The van der Waals surface area contributed by atoms with Gasteiger partial charge in [0.25, 0.3) is 0 Å². The fraction of sp³-hybridized carbons (Fsp3) is 0. The Balaban J connectivity index is 2.66. The lowest BCUT2D eigenvalue weighted by Gasteiger charge is -2.09. The van der Waals surface area contributed by atoms with Gasteiger partial charge in [-0.1, -0.05) is 24.3 Å². The second-order valence-electron chi connectivity index (χ2n) is 3.20. The molecule has 0 spiro atoms. The summed E-state index contributed by atoms with van der Waals surface area (Å²) in [5.74, 6) is 0. The van der Waals surface area contributed by atoms with Crippen molar-refractivity contribution < 1.29 is 0 Å². The van der Waals surface area contributed by atoms with Crippen molar-refractivity contribution in [3.05, 3.63) is 52.5 Å². The van der Waals surface area contributed by atoms with Gasteiger partial charge in [0.15, 0.2) is 0 Å². The maximum atomic E-state index is 3.59. The average Bonchev–Trinajstić information content (AvgIpc) is 2.28. The highest BCUT2D eigenvalue weighted by atomic mass is 127. The zero-order valence-corrected chi connectivity index (χ0v) is 15.5. The Labute approximate surface area is 139 Å². The molecule has 2 rings (SSSR count). The monoisotopic (exact) mass is 562 g/mol. The SMILES string of the molecule is Brc1ccc(-c2ccccc2I)c(I)c1Br. The summed E-state index contributed by atoms with van der Waals surface area (Å²) in [5, 5.41) is 0. The Morgan fingerprint density at radius 1 is 0.812 bits per heavy atom. The van der Waals surface area contributed by atoms with E-state index in [4.69, 9.17) is 0 Å². The Kier molecular flexibility index (Phi) is 4.71. The van der Waals surface area contributed by atoms with Crippen LogP contribution in [0.5, 0.6) is 0 Å². The Hall–Kier alpha value is 0.860. The van der Waals surface area contributed by atoms with E-state index in [2.05, 4.69) is 113 Å². The summed E-state index contributed by atoms with van der Waals surface area (Å²) in [6.45, 7) is 0. The first-order valence-corrected chi connectivity index (χ1v) is 8.24. The molecule has 0 aromatic heterocycles. The number of benzene rings is 2. The minimum atomic E-state index is 1.09. The van der Waals surface area contributed by atoms with Crippen LogP contribution in [0, 0.1) is 7.14 Å². The van der Waals surface area contributed by atoms with Crippen molar-refractivity contribution in [2.45, 2.75) is 0 Å². The molecule has 0 saturated heterocycles. The highest BCUT2D eigenvalue weighted by molar-refractivity contribution is 14.1. The zero-order chi connectivity index (χ0) is 11.7. The molecule has 0 aliphatic rings. The van der Waals surface area contributed by atoms with Crippen molar-refractivity contribution in [3.63, 3.8) is 0 Å². The van der Waals surface area contributed by atoms with E-state index < -0.39 is 0 Å². The summed E-state index contributed by atoms with van der Waals surface area (Å²) < 4.78 is 4.71. The Morgan fingerprint density at radius 3 is 2.19 bits per heavy atom. The Bertz CT molecular complexity index is 539. The normalized spacial score (nSPS) is 10.5. The van der Waals surface area contributed by atoms with Crippen molar-refractivity contribution >= 4 is 77.0 Å². The molecular weight excluding hydrogens is 558 g/mol. The molecule has 0 fully saturated rings. The highest BCUT2D eigenvalue weighted by Gasteiger charge is 2.10. The summed E-state index contributed by atoms with van der Waals surface area (Å²) in [6, 6.07) is 12.6. The van der Waals surface area contributed by atoms with Crippen molar-refractivity contribution in [2.24, 2.45) is 0 Å². The third-order valence-electron chi connectivity index (χ3n) is 2.20. The molecule has 0 bridgehead atoms. The van der Waals surface area contributed by atoms with Gasteiger partial charge in [0.05, 0.1) is 0 Å². The zero-order valence-electron chi connectivity index (χ0n) is 7.98. The van der Waals surface area contributed by atoms with E-state index in [0.717, 1.165) is 8.95 Å². The average molecular weight is 564 g/mol. The van der Waals surface area contributed by atoms with E-state index in [9.17, 15) is 0 Å². The first-order chi connectivity index (χ1) is 7.61. The molecule has 0 amide bonds. The predicted molar refractivity (Wildman–Crippen MR) is 92.7 cm³/mol. The van der Waals surface area contributed by atoms with Crippen LogP contribution < -0.4 is 0 Å². The molecule has 82 valence electrons. The topological polar surface area (TPSA) is 0 Å². The molecule has 0 unspecified atom stereocenters. The van der Waals surface area contributed by atoms with Gasteiger partial charge in [-0.2, -0.15) is 0 Å². The van der Waals surface area contributed by atoms with E-state index in [0.29, 0.717) is 0 Å². The van der Waals surface area contributed by atoms with Crippen LogP contribution >= 0.6 is 77.0 Å². The standard InChI is InChI=1S/C12H6Br2I2/c13-9-6-5-8(12(16)11(9)14)7-3-1-2-4-10(7)15/h1-6H. The number of hydrogen-bond donors (Lipinski definition) is 0. The van der Waals surface area contributed by atoms with Crippen LogP contribution in [0.1, 0.15) is 0 Å². The fourth-order valence-electron chi connectivity index (χ4n) is 1.41. The molecule has 4 heteroatoms. The third kappa shape index (κ3) is 2.64. The maximum Gasteiger partial charge on any atom is 0.0457 e. The van der Waals surface area contributed by atoms with Gasteiger partial charge in [0.2, 0.25) is 0 Å². The van der Waals surface area contributed by atoms with Crippen molar-refractivity contribution in [3.8, 4) is 11.1 Å². The molecular formula is C12H6Br2I2. The third-order valence-corrected chi connectivity index (χ3v) is 7.02. The molecule has 0 radical (unpaired) electrons. The number of halogens is 4.